The van der Waals surface area contributed by atoms with Gasteiger partial charge in [-0.1, -0.05) is 6.07 Å². The number of rotatable bonds is 5. The lowest BCUT2D eigenvalue weighted by atomic mass is 9.99. The van der Waals surface area contributed by atoms with Gasteiger partial charge in [-0.15, -0.1) is 0 Å². The van der Waals surface area contributed by atoms with Gasteiger partial charge in [0.1, 0.15) is 41.5 Å². The fourth-order valence-electron chi connectivity index (χ4n) is 2.95. The standard InChI is InChI=1S/C19H20O10/c20-7-13-16(25)17(26)18(27)19(29-13)28-12-5-4-8(6-11(12)23)15(24)14-9(21)2-1-3-10(14)22/h1-6,13,16-23,25-27H,7H2. The number of ketones is 1. The maximum Gasteiger partial charge on any atom is 0.229 e. The van der Waals surface area contributed by atoms with Crippen molar-refractivity contribution in [3.63, 3.8) is 0 Å². The molecule has 3 rings (SSSR count). The van der Waals surface area contributed by atoms with Crippen LogP contribution < -0.4 is 4.74 Å². The third-order valence-electron chi connectivity index (χ3n) is 4.56. The molecule has 0 radical (unpaired) electrons. The van der Waals surface area contributed by atoms with Crippen LogP contribution in [0.15, 0.2) is 36.4 Å². The summed E-state index contributed by atoms with van der Waals surface area (Å²) in [5.41, 5.74) is -0.407. The largest absolute Gasteiger partial charge is 0.507 e. The van der Waals surface area contributed by atoms with Crippen LogP contribution in [-0.2, 0) is 4.74 Å². The zero-order valence-corrected chi connectivity index (χ0v) is 14.9. The minimum absolute atomic E-state index is 0.0690. The van der Waals surface area contributed by atoms with Gasteiger partial charge in [-0.3, -0.25) is 4.79 Å². The maximum atomic E-state index is 12.5. The monoisotopic (exact) mass is 408 g/mol. The molecule has 0 amide bonds. The minimum Gasteiger partial charge on any atom is -0.507 e. The lowest BCUT2D eigenvalue weighted by Gasteiger charge is -2.39. The van der Waals surface area contributed by atoms with Crippen molar-refractivity contribution in [1.82, 2.24) is 0 Å². The van der Waals surface area contributed by atoms with E-state index >= 15 is 0 Å². The Hall–Kier alpha value is -2.89. The fourth-order valence-corrected chi connectivity index (χ4v) is 2.95. The molecule has 2 aromatic carbocycles. The number of aromatic hydroxyl groups is 3. The van der Waals surface area contributed by atoms with Crippen molar-refractivity contribution < 1.29 is 50.0 Å². The van der Waals surface area contributed by atoms with Crippen LogP contribution in [0.4, 0.5) is 0 Å². The number of benzene rings is 2. The summed E-state index contributed by atoms with van der Waals surface area (Å²) in [5, 5.41) is 68.5. The first-order chi connectivity index (χ1) is 13.7. The predicted octanol–water partition coefficient (Wildman–Crippen LogP) is -0.787. The topological polar surface area (TPSA) is 177 Å². The first kappa shape index (κ1) is 20.8. The third-order valence-corrected chi connectivity index (χ3v) is 4.56. The average Bonchev–Trinajstić information content (AvgIpc) is 2.69. The predicted molar refractivity (Wildman–Crippen MR) is 95.7 cm³/mol. The van der Waals surface area contributed by atoms with Gasteiger partial charge in [0.25, 0.3) is 0 Å². The smallest absolute Gasteiger partial charge is 0.229 e. The van der Waals surface area contributed by atoms with E-state index in [1.54, 1.807) is 0 Å². The molecule has 156 valence electrons. The molecule has 5 atom stereocenters. The van der Waals surface area contributed by atoms with Crippen molar-refractivity contribution in [3.05, 3.63) is 47.5 Å². The van der Waals surface area contributed by atoms with Gasteiger partial charge in [-0.05, 0) is 30.3 Å². The van der Waals surface area contributed by atoms with Crippen LogP contribution in [-0.4, -0.2) is 78.8 Å². The summed E-state index contributed by atoms with van der Waals surface area (Å²) < 4.78 is 10.5. The number of carbonyl (C=O) groups excluding carboxylic acids is 1. The molecule has 29 heavy (non-hydrogen) atoms. The summed E-state index contributed by atoms with van der Waals surface area (Å²) >= 11 is 0. The van der Waals surface area contributed by atoms with Gasteiger partial charge in [0.2, 0.25) is 12.1 Å². The van der Waals surface area contributed by atoms with E-state index in [4.69, 9.17) is 9.47 Å². The number of phenols is 3. The first-order valence-electron chi connectivity index (χ1n) is 8.60. The van der Waals surface area contributed by atoms with Crippen LogP contribution in [0, 0.1) is 0 Å². The van der Waals surface area contributed by atoms with E-state index in [1.807, 2.05) is 0 Å². The van der Waals surface area contributed by atoms with Crippen LogP contribution >= 0.6 is 0 Å². The van der Waals surface area contributed by atoms with Gasteiger partial charge in [0, 0.05) is 5.56 Å². The molecular formula is C19H20O10. The normalized spacial score (nSPS) is 26.8. The summed E-state index contributed by atoms with van der Waals surface area (Å²) in [6.07, 6.45) is -7.59. The van der Waals surface area contributed by atoms with Crippen molar-refractivity contribution in [2.24, 2.45) is 0 Å². The number of hydrogen-bond acceptors (Lipinski definition) is 10. The molecule has 5 unspecified atom stereocenters. The van der Waals surface area contributed by atoms with Gasteiger partial charge < -0.3 is 45.2 Å². The van der Waals surface area contributed by atoms with E-state index in [0.29, 0.717) is 0 Å². The summed E-state index contributed by atoms with van der Waals surface area (Å²) in [5.74, 6) is -2.36. The van der Waals surface area contributed by atoms with Crippen LogP contribution in [0.5, 0.6) is 23.0 Å². The van der Waals surface area contributed by atoms with Crippen molar-refractivity contribution in [2.45, 2.75) is 30.7 Å². The minimum atomic E-state index is -1.67. The van der Waals surface area contributed by atoms with E-state index in [-0.39, 0.29) is 16.9 Å². The quantitative estimate of drug-likeness (QED) is 0.310. The Kier molecular flexibility index (Phi) is 5.91. The molecule has 1 saturated heterocycles. The van der Waals surface area contributed by atoms with Crippen LogP contribution in [0.25, 0.3) is 0 Å². The Labute approximate surface area is 164 Å². The highest BCUT2D eigenvalue weighted by Gasteiger charge is 2.44. The van der Waals surface area contributed by atoms with Crippen molar-refractivity contribution in [1.29, 1.82) is 0 Å². The van der Waals surface area contributed by atoms with E-state index in [1.165, 1.54) is 30.3 Å². The number of hydrogen-bond donors (Lipinski definition) is 7. The number of aliphatic hydroxyl groups is 4. The molecule has 0 saturated carbocycles. The van der Waals surface area contributed by atoms with E-state index in [0.717, 1.165) is 6.07 Å². The molecule has 0 aliphatic carbocycles. The van der Waals surface area contributed by atoms with Gasteiger partial charge >= 0.3 is 0 Å². The van der Waals surface area contributed by atoms with Gasteiger partial charge in [-0.2, -0.15) is 0 Å². The molecule has 0 bridgehead atoms. The summed E-state index contributed by atoms with van der Waals surface area (Å²) in [6, 6.07) is 7.25. The Morgan fingerprint density at radius 3 is 2.17 bits per heavy atom. The Morgan fingerprint density at radius 1 is 0.931 bits per heavy atom. The van der Waals surface area contributed by atoms with Gasteiger partial charge in [0.15, 0.2) is 11.5 Å². The van der Waals surface area contributed by atoms with Crippen molar-refractivity contribution in [3.8, 4) is 23.0 Å². The summed E-state index contributed by atoms with van der Waals surface area (Å²) in [4.78, 5) is 12.5. The number of ether oxygens (including phenoxy) is 2. The highest BCUT2D eigenvalue weighted by atomic mass is 16.7. The van der Waals surface area contributed by atoms with E-state index in [9.17, 15) is 40.5 Å². The lowest BCUT2D eigenvalue weighted by Crippen LogP contribution is -2.60. The van der Waals surface area contributed by atoms with E-state index < -0.39 is 60.3 Å². The molecule has 1 aliphatic heterocycles. The Morgan fingerprint density at radius 2 is 1.59 bits per heavy atom. The zero-order chi connectivity index (χ0) is 21.3. The van der Waals surface area contributed by atoms with Crippen molar-refractivity contribution in [2.75, 3.05) is 6.61 Å². The highest BCUT2D eigenvalue weighted by molar-refractivity contribution is 6.12. The molecule has 1 aliphatic rings. The van der Waals surface area contributed by atoms with Gasteiger partial charge in [0.05, 0.1) is 6.61 Å². The fraction of sp³-hybridized carbons (Fsp3) is 0.316. The molecule has 10 heteroatoms. The lowest BCUT2D eigenvalue weighted by molar-refractivity contribution is -0.277. The zero-order valence-electron chi connectivity index (χ0n) is 14.9. The molecule has 7 N–H and O–H groups in total. The number of aliphatic hydroxyl groups excluding tert-OH is 4. The average molecular weight is 408 g/mol. The molecule has 10 nitrogen and oxygen atoms in total. The van der Waals surface area contributed by atoms with Crippen molar-refractivity contribution >= 4 is 5.78 Å². The van der Waals surface area contributed by atoms with Gasteiger partial charge in [-0.25, -0.2) is 0 Å². The summed E-state index contributed by atoms with van der Waals surface area (Å²) in [6.45, 7) is -0.645. The third kappa shape index (κ3) is 3.97. The number of carbonyl (C=O) groups is 1. The van der Waals surface area contributed by atoms with E-state index in [2.05, 4.69) is 0 Å². The second-order valence-corrected chi connectivity index (χ2v) is 6.50. The SMILES string of the molecule is O=C(c1ccc(OC2OC(CO)C(O)C(O)C2O)c(O)c1)c1c(O)cccc1O. The summed E-state index contributed by atoms with van der Waals surface area (Å²) in [7, 11) is 0. The maximum absolute atomic E-state index is 12.5. The second-order valence-electron chi connectivity index (χ2n) is 6.50. The van der Waals surface area contributed by atoms with Crippen LogP contribution in [0.1, 0.15) is 15.9 Å². The molecule has 0 aromatic heterocycles. The second kappa shape index (κ2) is 8.23. The Balaban J connectivity index is 1.82. The number of phenolic OH excluding ortho intramolecular Hbond substituents is 3. The highest BCUT2D eigenvalue weighted by Crippen LogP contribution is 2.34. The first-order valence-corrected chi connectivity index (χ1v) is 8.60. The Bertz CT molecular complexity index is 876. The molecular weight excluding hydrogens is 388 g/mol. The molecule has 0 spiro atoms. The molecule has 1 heterocycles. The van der Waals surface area contributed by atoms with Crippen LogP contribution in [0.2, 0.25) is 0 Å². The molecule has 2 aromatic rings. The molecule has 1 fully saturated rings. The van der Waals surface area contributed by atoms with Crippen LogP contribution in [0.3, 0.4) is 0 Å².